The van der Waals surface area contributed by atoms with E-state index < -0.39 is 0 Å². The van der Waals surface area contributed by atoms with Crippen LogP contribution < -0.4 is 16.0 Å². The number of aliphatic imine (C=N–C) groups is 1. The Labute approximate surface area is 198 Å². The van der Waals surface area contributed by atoms with Gasteiger partial charge in [0.05, 0.1) is 6.54 Å². The molecule has 0 atom stereocenters. The molecule has 1 aromatic carbocycles. The second kappa shape index (κ2) is 13.1. The Morgan fingerprint density at radius 3 is 2.33 bits per heavy atom. The molecule has 1 amide bonds. The van der Waals surface area contributed by atoms with Crippen LogP contribution in [-0.4, -0.2) is 63.1 Å². The van der Waals surface area contributed by atoms with Crippen LogP contribution in [0, 0.1) is 5.92 Å². The molecule has 0 spiro atoms. The Kier molecular flexibility index (Phi) is 10.9. The third-order valence-electron chi connectivity index (χ3n) is 6.47. The third kappa shape index (κ3) is 7.72. The van der Waals surface area contributed by atoms with Crippen LogP contribution in [0.3, 0.4) is 0 Å². The first-order chi connectivity index (χ1) is 14.2. The summed E-state index contributed by atoms with van der Waals surface area (Å²) in [7, 11) is 3.54. The maximum Gasteiger partial charge on any atom is 0.233 e. The number of likely N-dealkylation sites (N-methyl/N-ethyl adjacent to an activating group) is 1. The van der Waals surface area contributed by atoms with E-state index in [4.69, 9.17) is 0 Å². The first kappa shape index (κ1) is 24.9. The molecule has 2 aliphatic rings. The molecule has 30 heavy (non-hydrogen) atoms. The van der Waals surface area contributed by atoms with E-state index in [1.165, 1.54) is 31.2 Å². The fourth-order valence-electron chi connectivity index (χ4n) is 4.57. The lowest BCUT2D eigenvalue weighted by Crippen LogP contribution is -2.50. The normalized spacial score (nSPS) is 23.3. The van der Waals surface area contributed by atoms with Crippen molar-refractivity contribution in [1.29, 1.82) is 0 Å². The minimum atomic E-state index is 0. The number of hydrogen-bond acceptors (Lipinski definition) is 3. The highest BCUT2D eigenvalue weighted by molar-refractivity contribution is 14.0. The van der Waals surface area contributed by atoms with Crippen LogP contribution in [0.4, 0.5) is 0 Å². The van der Waals surface area contributed by atoms with Crippen molar-refractivity contribution >= 4 is 35.8 Å². The first-order valence-corrected chi connectivity index (χ1v) is 11.1. The van der Waals surface area contributed by atoms with Crippen molar-refractivity contribution in [2.75, 3.05) is 40.3 Å². The van der Waals surface area contributed by atoms with Crippen molar-refractivity contribution in [3.05, 3.63) is 35.9 Å². The largest absolute Gasteiger partial charge is 0.358 e. The van der Waals surface area contributed by atoms with Gasteiger partial charge in [-0.1, -0.05) is 30.3 Å². The average molecular weight is 527 g/mol. The molecule has 1 aliphatic heterocycles. The zero-order valence-electron chi connectivity index (χ0n) is 18.4. The number of carbonyl (C=O) groups excluding carboxylic acids is 1. The molecule has 0 unspecified atom stereocenters. The molecule has 2 fully saturated rings. The molecule has 168 valence electrons. The monoisotopic (exact) mass is 527 g/mol. The van der Waals surface area contributed by atoms with Gasteiger partial charge in [-0.05, 0) is 55.9 Å². The van der Waals surface area contributed by atoms with E-state index in [2.05, 4.69) is 56.2 Å². The van der Waals surface area contributed by atoms with Crippen molar-refractivity contribution in [3.63, 3.8) is 0 Å². The second-order valence-electron chi connectivity index (χ2n) is 8.45. The van der Waals surface area contributed by atoms with Crippen molar-refractivity contribution in [3.8, 4) is 0 Å². The fraction of sp³-hybridized carbons (Fsp3) is 0.652. The standard InChI is InChI=1S/C23H37N5O.HI/c1-24-22(29)17-28-14-12-21(13-15-28)27-23(25-2)26-16-18-8-10-20(11-9-18)19-6-4-3-5-7-19;/h3-7,18,20-21H,8-17H2,1-2H3,(H,24,29)(H2,25,26,27);1H. The summed E-state index contributed by atoms with van der Waals surface area (Å²) in [6.07, 6.45) is 7.21. The number of nitrogens with one attached hydrogen (secondary N) is 3. The van der Waals surface area contributed by atoms with Gasteiger partial charge in [-0.3, -0.25) is 14.7 Å². The summed E-state index contributed by atoms with van der Waals surface area (Å²) in [6, 6.07) is 11.4. The molecule has 1 aliphatic carbocycles. The van der Waals surface area contributed by atoms with Gasteiger partial charge in [0.15, 0.2) is 5.96 Å². The van der Waals surface area contributed by atoms with Gasteiger partial charge < -0.3 is 16.0 Å². The molecule has 3 rings (SSSR count). The molecule has 0 bridgehead atoms. The van der Waals surface area contributed by atoms with Gasteiger partial charge >= 0.3 is 0 Å². The van der Waals surface area contributed by atoms with Crippen LogP contribution in [0.15, 0.2) is 35.3 Å². The van der Waals surface area contributed by atoms with Crippen LogP contribution in [0.5, 0.6) is 0 Å². The van der Waals surface area contributed by atoms with Crippen LogP contribution in [0.1, 0.15) is 50.0 Å². The van der Waals surface area contributed by atoms with Crippen LogP contribution >= 0.6 is 24.0 Å². The number of nitrogens with zero attached hydrogens (tertiary/aromatic N) is 2. The van der Waals surface area contributed by atoms with Gasteiger partial charge in [-0.25, -0.2) is 0 Å². The minimum absolute atomic E-state index is 0. The summed E-state index contributed by atoms with van der Waals surface area (Å²) in [6.45, 7) is 3.40. The SMILES string of the molecule is CN=C(NCC1CCC(c2ccccc2)CC1)NC1CCN(CC(=O)NC)CC1.I. The molecular formula is C23H38IN5O. The Morgan fingerprint density at radius 1 is 1.07 bits per heavy atom. The number of piperidine rings is 1. The van der Waals surface area contributed by atoms with Crippen LogP contribution in [0.25, 0.3) is 0 Å². The van der Waals surface area contributed by atoms with Gasteiger partial charge in [0.25, 0.3) is 0 Å². The molecule has 0 radical (unpaired) electrons. The molecule has 1 saturated heterocycles. The number of hydrogen-bond donors (Lipinski definition) is 3. The van der Waals surface area contributed by atoms with E-state index in [0.29, 0.717) is 12.6 Å². The quantitative estimate of drug-likeness (QED) is 0.303. The van der Waals surface area contributed by atoms with Gasteiger partial charge in [0.1, 0.15) is 0 Å². The van der Waals surface area contributed by atoms with E-state index in [0.717, 1.165) is 50.3 Å². The van der Waals surface area contributed by atoms with E-state index in [9.17, 15) is 4.79 Å². The summed E-state index contributed by atoms with van der Waals surface area (Å²) in [5, 5.41) is 9.83. The van der Waals surface area contributed by atoms with Gasteiger partial charge in [0.2, 0.25) is 5.91 Å². The molecule has 7 heteroatoms. The number of amides is 1. The van der Waals surface area contributed by atoms with E-state index in [1.54, 1.807) is 7.05 Å². The average Bonchev–Trinajstić information content (AvgIpc) is 2.78. The smallest absolute Gasteiger partial charge is 0.233 e. The Hall–Kier alpha value is -1.35. The predicted molar refractivity (Wildman–Crippen MR) is 135 cm³/mol. The lowest BCUT2D eigenvalue weighted by atomic mass is 9.79. The van der Waals surface area contributed by atoms with Crippen molar-refractivity contribution in [2.24, 2.45) is 10.9 Å². The maximum atomic E-state index is 11.5. The number of likely N-dealkylation sites (tertiary alicyclic amines) is 1. The third-order valence-corrected chi connectivity index (χ3v) is 6.47. The zero-order chi connectivity index (χ0) is 20.5. The predicted octanol–water partition coefficient (Wildman–Crippen LogP) is 2.95. The van der Waals surface area contributed by atoms with Crippen LogP contribution in [-0.2, 0) is 4.79 Å². The number of halogens is 1. The zero-order valence-corrected chi connectivity index (χ0v) is 20.7. The van der Waals surface area contributed by atoms with E-state index >= 15 is 0 Å². The summed E-state index contributed by atoms with van der Waals surface area (Å²) >= 11 is 0. The maximum absolute atomic E-state index is 11.5. The Morgan fingerprint density at radius 2 is 1.73 bits per heavy atom. The molecular weight excluding hydrogens is 489 g/mol. The highest BCUT2D eigenvalue weighted by Gasteiger charge is 2.24. The van der Waals surface area contributed by atoms with Crippen molar-refractivity contribution in [1.82, 2.24) is 20.9 Å². The summed E-state index contributed by atoms with van der Waals surface area (Å²) in [5.74, 6) is 2.46. The Bertz CT molecular complexity index is 653. The molecule has 1 heterocycles. The summed E-state index contributed by atoms with van der Waals surface area (Å²) < 4.78 is 0. The number of benzene rings is 1. The number of carbonyl (C=O) groups is 1. The molecule has 1 aromatic rings. The van der Waals surface area contributed by atoms with Gasteiger partial charge in [-0.2, -0.15) is 0 Å². The highest BCUT2D eigenvalue weighted by Crippen LogP contribution is 2.35. The lowest BCUT2D eigenvalue weighted by molar-refractivity contribution is -0.122. The molecule has 1 saturated carbocycles. The highest BCUT2D eigenvalue weighted by atomic mass is 127. The summed E-state index contributed by atoms with van der Waals surface area (Å²) in [4.78, 5) is 18.2. The fourth-order valence-corrected chi connectivity index (χ4v) is 4.57. The molecule has 6 nitrogen and oxygen atoms in total. The van der Waals surface area contributed by atoms with Crippen molar-refractivity contribution in [2.45, 2.75) is 50.5 Å². The molecule has 0 aromatic heterocycles. The number of rotatable bonds is 6. The van der Waals surface area contributed by atoms with Crippen LogP contribution in [0.2, 0.25) is 0 Å². The summed E-state index contributed by atoms with van der Waals surface area (Å²) in [5.41, 5.74) is 1.50. The van der Waals surface area contributed by atoms with Gasteiger partial charge in [0, 0.05) is 39.8 Å². The minimum Gasteiger partial charge on any atom is -0.358 e. The topological polar surface area (TPSA) is 68.8 Å². The van der Waals surface area contributed by atoms with Crippen molar-refractivity contribution < 1.29 is 4.79 Å². The molecule has 3 N–H and O–H groups in total. The second-order valence-corrected chi connectivity index (χ2v) is 8.45. The first-order valence-electron chi connectivity index (χ1n) is 11.1. The lowest BCUT2D eigenvalue weighted by Gasteiger charge is -2.33. The van der Waals surface area contributed by atoms with E-state index in [-0.39, 0.29) is 29.9 Å². The number of guanidine groups is 1. The Balaban J connectivity index is 0.00000320. The van der Waals surface area contributed by atoms with Gasteiger partial charge in [-0.15, -0.1) is 24.0 Å². The van der Waals surface area contributed by atoms with E-state index in [1.807, 2.05) is 7.05 Å².